The Morgan fingerprint density at radius 2 is 1.62 bits per heavy atom. The lowest BCUT2D eigenvalue weighted by Gasteiger charge is -1.84. The van der Waals surface area contributed by atoms with Crippen molar-refractivity contribution in [2.45, 2.75) is 0 Å². The zero-order chi connectivity index (χ0) is 5.98. The van der Waals surface area contributed by atoms with Gasteiger partial charge in [-0.05, 0) is 18.2 Å². The monoisotopic (exact) mass is 144 g/mol. The molecule has 0 aliphatic carbocycles. The molecule has 8 heavy (non-hydrogen) atoms. The molecule has 0 saturated carbocycles. The molecular formula is C6H2Cl2. The van der Waals surface area contributed by atoms with Crippen molar-refractivity contribution >= 4 is 23.2 Å². The summed E-state index contributed by atoms with van der Waals surface area (Å²) in [5.74, 6) is 0. The fourth-order valence-corrected chi connectivity index (χ4v) is 0.752. The van der Waals surface area contributed by atoms with Crippen LogP contribution in [0.3, 0.4) is 0 Å². The summed E-state index contributed by atoms with van der Waals surface area (Å²) < 4.78 is 0. The van der Waals surface area contributed by atoms with Gasteiger partial charge >= 0.3 is 0 Å². The van der Waals surface area contributed by atoms with Crippen molar-refractivity contribution in [3.63, 3.8) is 0 Å². The van der Waals surface area contributed by atoms with Gasteiger partial charge < -0.3 is 0 Å². The van der Waals surface area contributed by atoms with E-state index in [2.05, 4.69) is 12.1 Å². The largest absolute Gasteiger partial charge is 0.0836 e. The molecule has 1 aromatic rings. The average molecular weight is 145 g/mol. The van der Waals surface area contributed by atoms with Crippen LogP contribution in [0.15, 0.2) is 12.1 Å². The maximum absolute atomic E-state index is 5.47. The third kappa shape index (κ3) is 1.39. The van der Waals surface area contributed by atoms with Crippen LogP contribution in [0.4, 0.5) is 0 Å². The van der Waals surface area contributed by atoms with Crippen LogP contribution in [-0.4, -0.2) is 0 Å². The zero-order valence-corrected chi connectivity index (χ0v) is 5.42. The minimum Gasteiger partial charge on any atom is -0.0836 e. The molecule has 0 unspecified atom stereocenters. The molecule has 0 aromatic heterocycles. The van der Waals surface area contributed by atoms with Crippen LogP contribution in [0.1, 0.15) is 0 Å². The van der Waals surface area contributed by atoms with Gasteiger partial charge in [0, 0.05) is 6.07 Å². The first-order valence-electron chi connectivity index (χ1n) is 2.03. The van der Waals surface area contributed by atoms with E-state index in [4.69, 9.17) is 23.2 Å². The first-order chi connectivity index (χ1) is 3.79. The third-order valence-corrected chi connectivity index (χ3v) is 1.07. The van der Waals surface area contributed by atoms with Gasteiger partial charge in [-0.1, -0.05) is 23.2 Å². The summed E-state index contributed by atoms with van der Waals surface area (Å²) in [6.07, 6.45) is 0. The maximum atomic E-state index is 5.47. The summed E-state index contributed by atoms with van der Waals surface area (Å²) >= 11 is 10.9. The van der Waals surface area contributed by atoms with Gasteiger partial charge in [-0.25, -0.2) is 0 Å². The van der Waals surface area contributed by atoms with Gasteiger partial charge in [0.05, 0.1) is 10.0 Å². The van der Waals surface area contributed by atoms with E-state index in [0.717, 1.165) is 0 Å². The second kappa shape index (κ2) is 2.38. The van der Waals surface area contributed by atoms with E-state index >= 15 is 0 Å². The van der Waals surface area contributed by atoms with E-state index in [0.29, 0.717) is 10.0 Å². The van der Waals surface area contributed by atoms with Crippen LogP contribution in [0.25, 0.3) is 0 Å². The summed E-state index contributed by atoms with van der Waals surface area (Å²) in [4.78, 5) is 0. The van der Waals surface area contributed by atoms with Gasteiger partial charge in [0.15, 0.2) is 0 Å². The van der Waals surface area contributed by atoms with Crippen LogP contribution >= 0.6 is 23.2 Å². The van der Waals surface area contributed by atoms with E-state index in [9.17, 15) is 0 Å². The van der Waals surface area contributed by atoms with Gasteiger partial charge in [0.1, 0.15) is 0 Å². The number of hydrogen-bond donors (Lipinski definition) is 0. The highest BCUT2D eigenvalue weighted by molar-refractivity contribution is 6.34. The van der Waals surface area contributed by atoms with Crippen LogP contribution < -0.4 is 0 Å². The van der Waals surface area contributed by atoms with Gasteiger partial charge in [0.25, 0.3) is 0 Å². The zero-order valence-electron chi connectivity index (χ0n) is 3.91. The minimum absolute atomic E-state index is 0.498. The lowest BCUT2D eigenvalue weighted by atomic mass is 10.4. The number of benzene rings is 1. The van der Waals surface area contributed by atoms with Crippen molar-refractivity contribution in [1.29, 1.82) is 0 Å². The molecule has 1 aromatic carbocycles. The fourth-order valence-electron chi connectivity index (χ4n) is 0.374. The van der Waals surface area contributed by atoms with Crippen molar-refractivity contribution in [1.82, 2.24) is 0 Å². The smallest absolute Gasteiger partial charge is 0.0506 e. The van der Waals surface area contributed by atoms with Crippen molar-refractivity contribution < 1.29 is 0 Å². The Morgan fingerprint density at radius 3 is 1.88 bits per heavy atom. The van der Waals surface area contributed by atoms with Gasteiger partial charge in [0.2, 0.25) is 0 Å². The Bertz CT molecular complexity index is 166. The summed E-state index contributed by atoms with van der Waals surface area (Å²) in [6.45, 7) is 0. The molecule has 1 rings (SSSR count). The normalized spacial score (nSPS) is 9.25. The highest BCUT2D eigenvalue weighted by Crippen LogP contribution is 2.12. The molecule has 0 nitrogen and oxygen atoms in total. The SMILES string of the molecule is Clc1[c]c(Cl)c[c]c1. The van der Waals surface area contributed by atoms with Gasteiger partial charge in [-0.15, -0.1) is 0 Å². The van der Waals surface area contributed by atoms with Crippen molar-refractivity contribution in [2.75, 3.05) is 0 Å². The van der Waals surface area contributed by atoms with E-state index in [1.807, 2.05) is 0 Å². The molecule has 2 radical (unpaired) electrons. The predicted octanol–water partition coefficient (Wildman–Crippen LogP) is 2.59. The Labute approximate surface area is 58.0 Å². The number of halogens is 2. The standard InChI is InChI=1S/C6H2Cl2/c7-5-2-1-3-6(8)4-5/h2-3H. The first-order valence-corrected chi connectivity index (χ1v) is 2.79. The molecule has 0 aliphatic rings. The molecule has 2 heteroatoms. The molecule has 0 saturated heterocycles. The quantitative estimate of drug-likeness (QED) is 0.526. The summed E-state index contributed by atoms with van der Waals surface area (Å²) in [7, 11) is 0. The average Bonchev–Trinajstić information content (AvgIpc) is 1.64. The highest BCUT2D eigenvalue weighted by Gasteiger charge is 1.86. The molecule has 0 N–H and O–H groups in total. The number of hydrogen-bond acceptors (Lipinski definition) is 0. The van der Waals surface area contributed by atoms with Gasteiger partial charge in [-0.3, -0.25) is 0 Å². The Morgan fingerprint density at radius 1 is 1.12 bits per heavy atom. The van der Waals surface area contributed by atoms with Crippen molar-refractivity contribution in [3.05, 3.63) is 34.3 Å². The van der Waals surface area contributed by atoms with E-state index in [-0.39, 0.29) is 0 Å². The summed E-state index contributed by atoms with van der Waals surface area (Å²) in [5.41, 5.74) is 0. The van der Waals surface area contributed by atoms with Crippen molar-refractivity contribution in [3.8, 4) is 0 Å². The van der Waals surface area contributed by atoms with E-state index in [1.54, 1.807) is 12.1 Å². The summed E-state index contributed by atoms with van der Waals surface area (Å²) in [5, 5.41) is 0.995. The Hall–Kier alpha value is -0.200. The molecule has 0 spiro atoms. The van der Waals surface area contributed by atoms with E-state index in [1.165, 1.54) is 0 Å². The van der Waals surface area contributed by atoms with Crippen LogP contribution in [0.2, 0.25) is 10.0 Å². The lowest BCUT2D eigenvalue weighted by molar-refractivity contribution is 1.67. The third-order valence-electron chi connectivity index (χ3n) is 0.659. The second-order valence-electron chi connectivity index (χ2n) is 1.28. The molecule has 0 amide bonds. The molecule has 40 valence electrons. The molecule has 0 atom stereocenters. The molecular weight excluding hydrogens is 143 g/mol. The Kier molecular flexibility index (Phi) is 1.77. The van der Waals surface area contributed by atoms with Crippen LogP contribution in [-0.2, 0) is 0 Å². The van der Waals surface area contributed by atoms with Crippen LogP contribution in [0.5, 0.6) is 0 Å². The molecule has 0 bridgehead atoms. The molecule has 0 fully saturated rings. The highest BCUT2D eigenvalue weighted by atomic mass is 35.5. The van der Waals surface area contributed by atoms with Crippen LogP contribution in [0, 0.1) is 12.1 Å². The lowest BCUT2D eigenvalue weighted by Crippen LogP contribution is -1.63. The first kappa shape index (κ1) is 5.93. The molecule has 0 heterocycles. The molecule has 0 aliphatic heterocycles. The predicted molar refractivity (Wildman–Crippen MR) is 34.1 cm³/mol. The number of rotatable bonds is 0. The van der Waals surface area contributed by atoms with Crippen molar-refractivity contribution in [2.24, 2.45) is 0 Å². The Balaban J connectivity index is 3.08. The second-order valence-corrected chi connectivity index (χ2v) is 2.09. The fraction of sp³-hybridized carbons (Fsp3) is 0. The van der Waals surface area contributed by atoms with Gasteiger partial charge in [-0.2, -0.15) is 0 Å². The summed E-state index contributed by atoms with van der Waals surface area (Å²) in [6, 6.07) is 8.61. The maximum Gasteiger partial charge on any atom is 0.0506 e. The topological polar surface area (TPSA) is 0 Å². The van der Waals surface area contributed by atoms with E-state index < -0.39 is 0 Å². The minimum atomic E-state index is 0.498.